The fraction of sp³-hybridized carbons (Fsp3) is 0. The molecule has 114 valence electrons. The number of fused-ring (bicyclic) bond motifs is 4. The van der Waals surface area contributed by atoms with Gasteiger partial charge in [0, 0.05) is 16.5 Å². The van der Waals surface area contributed by atoms with Crippen molar-refractivity contribution >= 4 is 44.1 Å². The van der Waals surface area contributed by atoms with E-state index in [0.717, 1.165) is 33.3 Å². The Morgan fingerprint density at radius 3 is 2.38 bits per heavy atom. The molecule has 0 bridgehead atoms. The molecular weight excluding hydrogens is 294 g/mol. The maximum atomic E-state index is 6.08. The molecule has 0 fully saturated rings. The number of rotatable bonds is 2. The predicted octanol–water partition coefficient (Wildman–Crippen LogP) is 6.48. The van der Waals surface area contributed by atoms with Crippen LogP contribution in [0.4, 0.5) is 11.4 Å². The number of nitrogens with one attached hydrogen (secondary N) is 1. The molecule has 1 heterocycles. The standard InChI is InChI=1S/C22H15NO/c1-2-7-16-14-17(13-12-15(16)6-1)23-20-10-5-9-19-18-8-3-4-11-21(18)24-22(19)20/h1-14,23H. The maximum Gasteiger partial charge on any atom is 0.158 e. The number of para-hydroxylation sites is 2. The van der Waals surface area contributed by atoms with Crippen LogP contribution in [-0.2, 0) is 0 Å². The average Bonchev–Trinajstić information content (AvgIpc) is 3.02. The molecule has 0 atom stereocenters. The monoisotopic (exact) mass is 309 g/mol. The van der Waals surface area contributed by atoms with Gasteiger partial charge in [0.2, 0.25) is 0 Å². The van der Waals surface area contributed by atoms with Crippen LogP contribution < -0.4 is 5.32 Å². The lowest BCUT2D eigenvalue weighted by atomic mass is 10.1. The summed E-state index contributed by atoms with van der Waals surface area (Å²) in [4.78, 5) is 0. The Kier molecular flexibility index (Phi) is 2.83. The molecule has 4 aromatic carbocycles. The highest BCUT2D eigenvalue weighted by atomic mass is 16.3. The van der Waals surface area contributed by atoms with Gasteiger partial charge in [0.05, 0.1) is 5.69 Å². The summed E-state index contributed by atoms with van der Waals surface area (Å²) in [5.74, 6) is 0. The molecule has 2 heteroatoms. The predicted molar refractivity (Wildman–Crippen MR) is 101 cm³/mol. The highest BCUT2D eigenvalue weighted by Gasteiger charge is 2.10. The fourth-order valence-electron chi connectivity index (χ4n) is 3.27. The molecule has 24 heavy (non-hydrogen) atoms. The van der Waals surface area contributed by atoms with E-state index in [-0.39, 0.29) is 0 Å². The molecule has 1 aromatic heterocycles. The second-order valence-corrected chi connectivity index (χ2v) is 5.97. The van der Waals surface area contributed by atoms with Crippen LogP contribution in [0, 0.1) is 0 Å². The van der Waals surface area contributed by atoms with E-state index in [0.29, 0.717) is 0 Å². The zero-order valence-corrected chi connectivity index (χ0v) is 13.0. The van der Waals surface area contributed by atoms with Gasteiger partial charge >= 0.3 is 0 Å². The van der Waals surface area contributed by atoms with E-state index < -0.39 is 0 Å². The SMILES string of the molecule is c1ccc2cc(Nc3cccc4c3oc3ccccc34)ccc2c1. The minimum atomic E-state index is 0.895. The van der Waals surface area contributed by atoms with E-state index in [2.05, 4.69) is 72.0 Å². The van der Waals surface area contributed by atoms with Crippen molar-refractivity contribution < 1.29 is 4.42 Å². The largest absolute Gasteiger partial charge is 0.454 e. The summed E-state index contributed by atoms with van der Waals surface area (Å²) in [6.07, 6.45) is 0. The molecule has 0 radical (unpaired) electrons. The van der Waals surface area contributed by atoms with Crippen LogP contribution in [0.2, 0.25) is 0 Å². The van der Waals surface area contributed by atoms with E-state index in [9.17, 15) is 0 Å². The number of anilines is 2. The zero-order valence-electron chi connectivity index (χ0n) is 13.0. The third kappa shape index (κ3) is 2.04. The average molecular weight is 309 g/mol. The third-order valence-electron chi connectivity index (χ3n) is 4.43. The summed E-state index contributed by atoms with van der Waals surface area (Å²) in [7, 11) is 0. The molecule has 0 aliphatic heterocycles. The van der Waals surface area contributed by atoms with Gasteiger partial charge in [-0.25, -0.2) is 0 Å². The first kappa shape index (κ1) is 13.2. The third-order valence-corrected chi connectivity index (χ3v) is 4.43. The van der Waals surface area contributed by atoms with Gasteiger partial charge in [0.25, 0.3) is 0 Å². The van der Waals surface area contributed by atoms with Crippen LogP contribution in [0.3, 0.4) is 0 Å². The normalized spacial score (nSPS) is 11.3. The van der Waals surface area contributed by atoms with Crippen LogP contribution in [0.5, 0.6) is 0 Å². The fourth-order valence-corrected chi connectivity index (χ4v) is 3.27. The van der Waals surface area contributed by atoms with Crippen molar-refractivity contribution in [3.8, 4) is 0 Å². The summed E-state index contributed by atoms with van der Waals surface area (Å²) >= 11 is 0. The smallest absolute Gasteiger partial charge is 0.158 e. The molecular formula is C22H15NO. The molecule has 0 aliphatic carbocycles. The lowest BCUT2D eigenvalue weighted by Crippen LogP contribution is -1.90. The minimum absolute atomic E-state index is 0.895. The highest BCUT2D eigenvalue weighted by Crippen LogP contribution is 2.34. The summed E-state index contributed by atoms with van der Waals surface area (Å²) in [6.45, 7) is 0. The molecule has 0 aliphatic rings. The van der Waals surface area contributed by atoms with Gasteiger partial charge in [-0.15, -0.1) is 0 Å². The molecule has 1 N–H and O–H groups in total. The van der Waals surface area contributed by atoms with Gasteiger partial charge in [-0.3, -0.25) is 0 Å². The Bertz CT molecular complexity index is 1190. The molecule has 0 unspecified atom stereocenters. The summed E-state index contributed by atoms with van der Waals surface area (Å²) in [5, 5.41) is 8.25. The van der Waals surface area contributed by atoms with Crippen LogP contribution in [-0.4, -0.2) is 0 Å². The Morgan fingerprint density at radius 2 is 1.42 bits per heavy atom. The van der Waals surface area contributed by atoms with Crippen molar-refractivity contribution in [3.63, 3.8) is 0 Å². The number of hydrogen-bond donors (Lipinski definition) is 1. The van der Waals surface area contributed by atoms with E-state index in [1.54, 1.807) is 0 Å². The van der Waals surface area contributed by atoms with E-state index in [1.165, 1.54) is 10.8 Å². The Balaban J connectivity index is 1.65. The molecule has 5 aromatic rings. The maximum absolute atomic E-state index is 6.08. The van der Waals surface area contributed by atoms with Gasteiger partial charge in [-0.05, 0) is 35.0 Å². The molecule has 0 spiro atoms. The number of hydrogen-bond acceptors (Lipinski definition) is 2. The molecule has 0 saturated carbocycles. The topological polar surface area (TPSA) is 25.2 Å². The Morgan fingerprint density at radius 1 is 0.625 bits per heavy atom. The quantitative estimate of drug-likeness (QED) is 0.403. The lowest BCUT2D eigenvalue weighted by Gasteiger charge is -2.08. The zero-order chi connectivity index (χ0) is 15.9. The van der Waals surface area contributed by atoms with E-state index in [1.807, 2.05) is 18.2 Å². The molecule has 5 rings (SSSR count). The summed E-state index contributed by atoms with van der Waals surface area (Å²) in [6, 6.07) is 29.1. The highest BCUT2D eigenvalue weighted by molar-refractivity contribution is 6.09. The molecule has 2 nitrogen and oxygen atoms in total. The Hall–Kier alpha value is -3.26. The first-order chi connectivity index (χ1) is 11.9. The van der Waals surface area contributed by atoms with Crippen LogP contribution >= 0.6 is 0 Å². The van der Waals surface area contributed by atoms with Gasteiger partial charge < -0.3 is 9.73 Å². The van der Waals surface area contributed by atoms with Gasteiger partial charge in [-0.1, -0.05) is 60.7 Å². The molecule has 0 saturated heterocycles. The van der Waals surface area contributed by atoms with Crippen LogP contribution in [0.1, 0.15) is 0 Å². The summed E-state index contributed by atoms with van der Waals surface area (Å²) < 4.78 is 6.08. The number of furan rings is 1. The van der Waals surface area contributed by atoms with Crippen LogP contribution in [0.15, 0.2) is 89.3 Å². The van der Waals surface area contributed by atoms with E-state index in [4.69, 9.17) is 4.42 Å². The number of benzene rings is 4. The second-order valence-electron chi connectivity index (χ2n) is 5.97. The van der Waals surface area contributed by atoms with Gasteiger partial charge in [-0.2, -0.15) is 0 Å². The van der Waals surface area contributed by atoms with Crippen molar-refractivity contribution in [2.45, 2.75) is 0 Å². The van der Waals surface area contributed by atoms with Gasteiger partial charge in [0.15, 0.2) is 5.58 Å². The first-order valence-corrected chi connectivity index (χ1v) is 8.04. The van der Waals surface area contributed by atoms with Crippen molar-refractivity contribution in [1.82, 2.24) is 0 Å². The molecule has 0 amide bonds. The minimum Gasteiger partial charge on any atom is -0.454 e. The van der Waals surface area contributed by atoms with Crippen LogP contribution in [0.25, 0.3) is 32.7 Å². The lowest BCUT2D eigenvalue weighted by molar-refractivity contribution is 0.670. The van der Waals surface area contributed by atoms with Crippen molar-refractivity contribution in [1.29, 1.82) is 0 Å². The van der Waals surface area contributed by atoms with Gasteiger partial charge in [0.1, 0.15) is 5.58 Å². The van der Waals surface area contributed by atoms with E-state index >= 15 is 0 Å². The Labute approximate surface area is 139 Å². The first-order valence-electron chi connectivity index (χ1n) is 8.04. The summed E-state index contributed by atoms with van der Waals surface area (Å²) in [5.41, 5.74) is 3.85. The van der Waals surface area contributed by atoms with Crippen molar-refractivity contribution in [2.75, 3.05) is 5.32 Å². The van der Waals surface area contributed by atoms with Crippen molar-refractivity contribution in [2.24, 2.45) is 0 Å². The van der Waals surface area contributed by atoms with Crippen molar-refractivity contribution in [3.05, 3.63) is 84.9 Å². The second kappa shape index (κ2) is 5.14.